The third-order valence-corrected chi connectivity index (χ3v) is 5.23. The normalized spacial score (nSPS) is 12.8. The highest BCUT2D eigenvalue weighted by Gasteiger charge is 2.12. The van der Waals surface area contributed by atoms with Crippen molar-refractivity contribution in [2.24, 2.45) is 0 Å². The van der Waals surface area contributed by atoms with Crippen molar-refractivity contribution in [3.05, 3.63) is 83.9 Å². The molecule has 0 aliphatic heterocycles. The van der Waals surface area contributed by atoms with Gasteiger partial charge >= 0.3 is 0 Å². The number of aromatic nitrogens is 2. The monoisotopic (exact) mass is 340 g/mol. The molecule has 2 aromatic carbocycles. The van der Waals surface area contributed by atoms with Gasteiger partial charge in [0.25, 0.3) is 0 Å². The Balaban J connectivity index is 1.64. The molecule has 0 saturated heterocycles. The van der Waals surface area contributed by atoms with Crippen LogP contribution < -0.4 is 0 Å². The van der Waals surface area contributed by atoms with Crippen LogP contribution >= 0.6 is 0 Å². The van der Waals surface area contributed by atoms with Crippen molar-refractivity contribution in [2.45, 2.75) is 39.0 Å². The molecule has 130 valence electrons. The van der Waals surface area contributed by atoms with Crippen molar-refractivity contribution >= 4 is 21.5 Å². The first-order chi connectivity index (χ1) is 12.6. The molecule has 0 aliphatic carbocycles. The maximum atomic E-state index is 4.74. The van der Waals surface area contributed by atoms with Crippen LogP contribution in [0.15, 0.2) is 67.1 Å². The smallest absolute Gasteiger partial charge is 0.0416 e. The summed E-state index contributed by atoms with van der Waals surface area (Å²) in [4.78, 5) is 9.05. The fourth-order valence-electron chi connectivity index (χ4n) is 3.67. The minimum atomic E-state index is 0.391. The van der Waals surface area contributed by atoms with E-state index < -0.39 is 0 Å². The van der Waals surface area contributed by atoms with Crippen molar-refractivity contribution in [3.63, 3.8) is 0 Å². The van der Waals surface area contributed by atoms with Gasteiger partial charge < -0.3 is 0 Å². The topological polar surface area (TPSA) is 25.8 Å². The van der Waals surface area contributed by atoms with Crippen LogP contribution in [0, 0.1) is 0 Å². The van der Waals surface area contributed by atoms with Crippen molar-refractivity contribution in [1.29, 1.82) is 0 Å². The highest BCUT2D eigenvalue weighted by Crippen LogP contribution is 2.28. The van der Waals surface area contributed by atoms with Crippen molar-refractivity contribution in [2.75, 3.05) is 0 Å². The van der Waals surface area contributed by atoms with E-state index in [2.05, 4.69) is 74.3 Å². The van der Waals surface area contributed by atoms with Crippen molar-refractivity contribution in [1.82, 2.24) is 9.97 Å². The minimum absolute atomic E-state index is 0.391. The van der Waals surface area contributed by atoms with Gasteiger partial charge in [-0.15, -0.1) is 0 Å². The second-order valence-electron chi connectivity index (χ2n) is 7.49. The Morgan fingerprint density at radius 1 is 0.846 bits per heavy atom. The molecule has 4 rings (SSSR count). The number of hydrogen-bond donors (Lipinski definition) is 0. The summed E-state index contributed by atoms with van der Waals surface area (Å²) < 4.78 is 0. The Labute approximate surface area is 154 Å². The average Bonchev–Trinajstić information content (AvgIpc) is 2.67. The lowest BCUT2D eigenvalue weighted by atomic mass is 9.91. The quantitative estimate of drug-likeness (QED) is 0.438. The molecule has 0 saturated carbocycles. The Morgan fingerprint density at radius 3 is 2.58 bits per heavy atom. The number of pyridine rings is 2. The predicted molar refractivity (Wildman–Crippen MR) is 110 cm³/mol. The van der Waals surface area contributed by atoms with E-state index in [0.29, 0.717) is 11.8 Å². The Bertz CT molecular complexity index is 1060. The first-order valence-electron chi connectivity index (χ1n) is 9.33. The number of hydrogen-bond acceptors (Lipinski definition) is 2. The molecule has 2 nitrogen and oxygen atoms in total. The van der Waals surface area contributed by atoms with Gasteiger partial charge in [-0.1, -0.05) is 51.1 Å². The highest BCUT2D eigenvalue weighted by atomic mass is 14.7. The largest absolute Gasteiger partial charge is 0.264 e. The SMILES string of the molecule is CC(C)c1ccc2cc(CC(C)c3cccc4ccncc34)ncc2c1. The van der Waals surface area contributed by atoms with Crippen LogP contribution in [0.25, 0.3) is 21.5 Å². The van der Waals surface area contributed by atoms with Gasteiger partial charge in [-0.2, -0.15) is 0 Å². The Hall–Kier alpha value is -2.74. The van der Waals surface area contributed by atoms with Gasteiger partial charge in [0.05, 0.1) is 0 Å². The number of benzene rings is 2. The highest BCUT2D eigenvalue weighted by molar-refractivity contribution is 5.85. The molecule has 4 aromatic rings. The minimum Gasteiger partial charge on any atom is -0.264 e. The molecule has 0 radical (unpaired) electrons. The van der Waals surface area contributed by atoms with Crippen LogP contribution in [0.3, 0.4) is 0 Å². The summed E-state index contributed by atoms with van der Waals surface area (Å²) in [5.41, 5.74) is 3.85. The standard InChI is InChI=1S/C24H24N2/c1-16(2)19-7-8-20-13-22(26-14-21(20)12-19)11-17(3)23-6-4-5-18-9-10-25-15-24(18)23/h4-10,12-17H,11H2,1-3H3. The van der Waals surface area contributed by atoms with E-state index in [1.807, 2.05) is 18.6 Å². The third kappa shape index (κ3) is 3.20. The summed E-state index contributed by atoms with van der Waals surface area (Å²) in [5, 5.41) is 4.98. The molecule has 0 amide bonds. The van der Waals surface area contributed by atoms with Crippen LogP contribution in [0.4, 0.5) is 0 Å². The van der Waals surface area contributed by atoms with Gasteiger partial charge in [0, 0.05) is 35.1 Å². The van der Waals surface area contributed by atoms with Gasteiger partial charge in [0.2, 0.25) is 0 Å². The molecule has 0 spiro atoms. The maximum Gasteiger partial charge on any atom is 0.0416 e. The van der Waals surface area contributed by atoms with Gasteiger partial charge in [0.1, 0.15) is 0 Å². The fraction of sp³-hybridized carbons (Fsp3) is 0.250. The predicted octanol–water partition coefficient (Wildman–Crippen LogP) is 6.25. The molecule has 1 atom stereocenters. The molecule has 0 aliphatic rings. The van der Waals surface area contributed by atoms with Crippen LogP contribution in [0.1, 0.15) is 49.4 Å². The lowest BCUT2D eigenvalue weighted by Crippen LogP contribution is -2.01. The van der Waals surface area contributed by atoms with E-state index in [4.69, 9.17) is 4.98 Å². The number of rotatable bonds is 4. The zero-order valence-corrected chi connectivity index (χ0v) is 15.6. The molecule has 0 bridgehead atoms. The second-order valence-corrected chi connectivity index (χ2v) is 7.49. The van der Waals surface area contributed by atoms with Crippen LogP contribution in [-0.4, -0.2) is 9.97 Å². The molecule has 2 aromatic heterocycles. The van der Waals surface area contributed by atoms with Gasteiger partial charge in [0.15, 0.2) is 0 Å². The van der Waals surface area contributed by atoms with Crippen LogP contribution in [-0.2, 0) is 6.42 Å². The van der Waals surface area contributed by atoms with Gasteiger partial charge in [-0.3, -0.25) is 9.97 Å². The first kappa shape index (κ1) is 16.7. The lowest BCUT2D eigenvalue weighted by Gasteiger charge is -2.15. The summed E-state index contributed by atoms with van der Waals surface area (Å²) in [5.74, 6) is 0.932. The summed E-state index contributed by atoms with van der Waals surface area (Å²) in [6.45, 7) is 6.73. The number of nitrogens with zero attached hydrogens (tertiary/aromatic N) is 2. The van der Waals surface area contributed by atoms with Crippen molar-refractivity contribution < 1.29 is 0 Å². The first-order valence-corrected chi connectivity index (χ1v) is 9.33. The van der Waals surface area contributed by atoms with Crippen molar-refractivity contribution in [3.8, 4) is 0 Å². The van der Waals surface area contributed by atoms with E-state index in [1.165, 1.54) is 32.7 Å². The third-order valence-electron chi connectivity index (χ3n) is 5.23. The zero-order chi connectivity index (χ0) is 18.1. The molecular weight excluding hydrogens is 316 g/mol. The number of fused-ring (bicyclic) bond motifs is 2. The van der Waals surface area contributed by atoms with Gasteiger partial charge in [-0.25, -0.2) is 0 Å². The van der Waals surface area contributed by atoms with E-state index in [-0.39, 0.29) is 0 Å². The fourth-order valence-corrected chi connectivity index (χ4v) is 3.67. The molecule has 2 heterocycles. The lowest BCUT2D eigenvalue weighted by molar-refractivity contribution is 0.748. The molecule has 0 fully saturated rings. The van der Waals surface area contributed by atoms with E-state index in [0.717, 1.165) is 12.1 Å². The van der Waals surface area contributed by atoms with Crippen LogP contribution in [0.2, 0.25) is 0 Å². The molecule has 0 N–H and O–H groups in total. The summed E-state index contributed by atoms with van der Waals surface area (Å²) in [6.07, 6.45) is 6.78. The summed E-state index contributed by atoms with van der Waals surface area (Å²) in [6, 6.07) is 17.5. The maximum absolute atomic E-state index is 4.74. The molecular formula is C24H24N2. The van der Waals surface area contributed by atoms with E-state index in [9.17, 15) is 0 Å². The van der Waals surface area contributed by atoms with Crippen LogP contribution in [0.5, 0.6) is 0 Å². The Kier molecular flexibility index (Phi) is 4.42. The molecule has 26 heavy (non-hydrogen) atoms. The zero-order valence-electron chi connectivity index (χ0n) is 15.6. The molecule has 2 heteroatoms. The van der Waals surface area contributed by atoms with Gasteiger partial charge in [-0.05, 0) is 58.4 Å². The van der Waals surface area contributed by atoms with E-state index >= 15 is 0 Å². The molecule has 1 unspecified atom stereocenters. The Morgan fingerprint density at radius 2 is 1.73 bits per heavy atom. The average molecular weight is 340 g/mol. The van der Waals surface area contributed by atoms with E-state index in [1.54, 1.807) is 0 Å². The summed E-state index contributed by atoms with van der Waals surface area (Å²) >= 11 is 0. The summed E-state index contributed by atoms with van der Waals surface area (Å²) in [7, 11) is 0. The second kappa shape index (κ2) is 6.87.